The van der Waals surface area contributed by atoms with Crippen LogP contribution in [0.4, 0.5) is 11.4 Å². The van der Waals surface area contributed by atoms with Gasteiger partial charge >= 0.3 is 0 Å². The molecule has 3 nitrogen and oxygen atoms in total. The number of aryl methyl sites for hydroxylation is 4. The molecule has 0 heterocycles. The maximum absolute atomic E-state index is 4.84. The van der Waals surface area contributed by atoms with Crippen LogP contribution in [0.2, 0.25) is 0 Å². The quantitative estimate of drug-likeness (QED) is 0.213. The van der Waals surface area contributed by atoms with E-state index in [2.05, 4.69) is 76.5 Å². The standard InChI is InChI=1S/C23H28N2.C4H10O.CH3.Pd/c1-16-8-5-9-17(2)22(16)24-14-20-12-7-13-21(20)15-25-23-18(3)10-6-11-19(23)4;1-3-5-4-2;;/h5-6,8-11,14-15,20-21H,7,12-13H2,1-4H3;3-4H2,1-2H3;1H3;/q;;-1;. The van der Waals surface area contributed by atoms with Crippen molar-refractivity contribution in [1.29, 1.82) is 0 Å². The fraction of sp³-hybridized carbons (Fsp3) is 0.464. The minimum absolute atomic E-state index is 0. The third-order valence-corrected chi connectivity index (χ3v) is 5.70. The Morgan fingerprint density at radius 3 is 1.38 bits per heavy atom. The molecule has 0 amide bonds. The van der Waals surface area contributed by atoms with E-state index in [1.54, 1.807) is 0 Å². The van der Waals surface area contributed by atoms with E-state index in [1.807, 2.05) is 13.8 Å². The van der Waals surface area contributed by atoms with Crippen molar-refractivity contribution in [3.05, 3.63) is 66.1 Å². The van der Waals surface area contributed by atoms with Crippen LogP contribution < -0.4 is 0 Å². The number of hydrogen-bond donors (Lipinski definition) is 0. The van der Waals surface area contributed by atoms with Crippen molar-refractivity contribution in [3.63, 3.8) is 0 Å². The summed E-state index contributed by atoms with van der Waals surface area (Å²) in [4.78, 5) is 9.68. The summed E-state index contributed by atoms with van der Waals surface area (Å²) in [6, 6.07) is 12.7. The molecule has 2 aromatic carbocycles. The number of hydrogen-bond acceptors (Lipinski definition) is 3. The molecule has 180 valence electrons. The Labute approximate surface area is 210 Å². The van der Waals surface area contributed by atoms with Gasteiger partial charge in [0.25, 0.3) is 0 Å². The van der Waals surface area contributed by atoms with Crippen molar-refractivity contribution in [3.8, 4) is 0 Å². The first-order valence-electron chi connectivity index (χ1n) is 11.3. The predicted octanol–water partition coefficient (Wildman–Crippen LogP) is 7.93. The minimum atomic E-state index is 0. The topological polar surface area (TPSA) is 34.0 Å². The number of rotatable bonds is 6. The third-order valence-electron chi connectivity index (χ3n) is 5.70. The van der Waals surface area contributed by atoms with Gasteiger partial charge in [0, 0.05) is 57.9 Å². The fourth-order valence-electron chi connectivity index (χ4n) is 3.95. The smallest absolute Gasteiger partial charge is 0.0684 e. The van der Waals surface area contributed by atoms with Gasteiger partial charge in [-0.2, -0.15) is 0 Å². The van der Waals surface area contributed by atoms with Gasteiger partial charge in [-0.05, 0) is 76.6 Å². The molecule has 1 fully saturated rings. The summed E-state index contributed by atoms with van der Waals surface area (Å²) in [6.45, 7) is 14.2. The minimum Gasteiger partial charge on any atom is -0.382 e. The first kappa shape index (κ1) is 30.4. The van der Waals surface area contributed by atoms with Crippen molar-refractivity contribution in [2.24, 2.45) is 21.8 Å². The van der Waals surface area contributed by atoms with Crippen molar-refractivity contribution in [2.75, 3.05) is 13.2 Å². The molecule has 0 aromatic heterocycles. The summed E-state index contributed by atoms with van der Waals surface area (Å²) >= 11 is 0. The van der Waals surface area contributed by atoms with Crippen LogP contribution in [0.25, 0.3) is 0 Å². The Morgan fingerprint density at radius 2 is 1.09 bits per heavy atom. The Morgan fingerprint density at radius 1 is 0.750 bits per heavy atom. The average Bonchev–Trinajstić information content (AvgIpc) is 3.16. The fourth-order valence-corrected chi connectivity index (χ4v) is 3.95. The van der Waals surface area contributed by atoms with Crippen LogP contribution in [0.15, 0.2) is 46.4 Å². The zero-order chi connectivity index (χ0) is 21.9. The van der Waals surface area contributed by atoms with Gasteiger partial charge in [-0.25, -0.2) is 0 Å². The van der Waals surface area contributed by atoms with E-state index < -0.39 is 0 Å². The summed E-state index contributed by atoms with van der Waals surface area (Å²) < 4.78 is 4.83. The summed E-state index contributed by atoms with van der Waals surface area (Å²) in [5.41, 5.74) is 7.23. The van der Waals surface area contributed by atoms with Crippen molar-refractivity contribution in [1.82, 2.24) is 0 Å². The molecular weight excluding hydrogens is 487 g/mol. The Hall–Kier alpha value is -1.60. The normalized spacial score (nSPS) is 17.6. The molecule has 0 saturated heterocycles. The van der Waals surface area contributed by atoms with Crippen LogP contribution in [-0.4, -0.2) is 25.6 Å². The first-order chi connectivity index (χ1) is 14.5. The summed E-state index contributed by atoms with van der Waals surface area (Å²) in [5.74, 6) is 0.985. The molecule has 0 bridgehead atoms. The number of aliphatic imine (C=N–C) groups is 2. The molecule has 3 rings (SSSR count). The third kappa shape index (κ3) is 9.10. The number of benzene rings is 2. The van der Waals surface area contributed by atoms with Gasteiger partial charge < -0.3 is 12.2 Å². The molecule has 0 radical (unpaired) electrons. The van der Waals surface area contributed by atoms with Crippen molar-refractivity contribution in [2.45, 2.75) is 60.8 Å². The van der Waals surface area contributed by atoms with Crippen LogP contribution >= 0.6 is 0 Å². The van der Waals surface area contributed by atoms with E-state index in [1.165, 1.54) is 41.5 Å². The molecule has 2 atom stereocenters. The average molecular weight is 528 g/mol. The zero-order valence-corrected chi connectivity index (χ0v) is 22.5. The summed E-state index contributed by atoms with van der Waals surface area (Å²) in [5, 5.41) is 0. The van der Waals surface area contributed by atoms with E-state index in [4.69, 9.17) is 14.7 Å². The van der Waals surface area contributed by atoms with Gasteiger partial charge in [0.1, 0.15) is 0 Å². The monoisotopic (exact) mass is 527 g/mol. The van der Waals surface area contributed by atoms with Crippen molar-refractivity contribution < 1.29 is 25.2 Å². The Bertz CT molecular complexity index is 751. The second-order valence-corrected chi connectivity index (χ2v) is 8.08. The largest absolute Gasteiger partial charge is 0.382 e. The molecule has 2 unspecified atom stereocenters. The van der Waals surface area contributed by atoms with Crippen LogP contribution in [0.1, 0.15) is 55.4 Å². The van der Waals surface area contributed by atoms with E-state index in [-0.39, 0.29) is 27.8 Å². The molecule has 1 aliphatic rings. The van der Waals surface area contributed by atoms with Crippen LogP contribution in [-0.2, 0) is 25.2 Å². The summed E-state index contributed by atoms with van der Waals surface area (Å²) in [6.07, 6.45) is 8.01. The van der Waals surface area contributed by atoms with Crippen molar-refractivity contribution >= 4 is 23.8 Å². The first-order valence-corrected chi connectivity index (χ1v) is 11.3. The van der Waals surface area contributed by atoms with E-state index in [9.17, 15) is 0 Å². The maximum Gasteiger partial charge on any atom is 0.0684 e. The van der Waals surface area contributed by atoms with Crippen LogP contribution in [0.5, 0.6) is 0 Å². The van der Waals surface area contributed by atoms with Gasteiger partial charge in [0.2, 0.25) is 0 Å². The Kier molecular flexibility index (Phi) is 15.3. The molecule has 32 heavy (non-hydrogen) atoms. The number of nitrogens with zero attached hydrogens (tertiary/aromatic N) is 2. The molecule has 0 spiro atoms. The molecule has 1 aliphatic carbocycles. The van der Waals surface area contributed by atoms with Crippen LogP contribution in [0, 0.1) is 47.0 Å². The maximum atomic E-state index is 4.84. The predicted molar refractivity (Wildman–Crippen MR) is 138 cm³/mol. The van der Waals surface area contributed by atoms with Gasteiger partial charge in [-0.3, -0.25) is 9.98 Å². The summed E-state index contributed by atoms with van der Waals surface area (Å²) in [7, 11) is 0. The number of para-hydroxylation sites is 2. The second-order valence-electron chi connectivity index (χ2n) is 8.08. The molecule has 2 aromatic rings. The SMILES string of the molecule is CCOCC.Cc1cccc(C)c1N=CC1CCCC1C=Nc1c(C)cccc1C.[CH3-].[Pd]. The van der Waals surface area contributed by atoms with Gasteiger partial charge in [-0.1, -0.05) is 42.8 Å². The molecule has 1 saturated carbocycles. The zero-order valence-electron chi connectivity index (χ0n) is 20.9. The molecule has 4 heteroatoms. The van der Waals surface area contributed by atoms with Gasteiger partial charge in [0.05, 0.1) is 11.4 Å². The molecule has 0 N–H and O–H groups in total. The van der Waals surface area contributed by atoms with E-state index in [0.717, 1.165) is 24.6 Å². The molecule has 0 aliphatic heterocycles. The van der Waals surface area contributed by atoms with E-state index in [0.29, 0.717) is 11.8 Å². The van der Waals surface area contributed by atoms with Crippen LogP contribution in [0.3, 0.4) is 0 Å². The second kappa shape index (κ2) is 16.1. The Balaban J connectivity index is 0.00000124. The van der Waals surface area contributed by atoms with Gasteiger partial charge in [-0.15, -0.1) is 0 Å². The number of ether oxygens (including phenoxy) is 1. The van der Waals surface area contributed by atoms with Gasteiger partial charge in [0.15, 0.2) is 0 Å². The molecular formula is C28H41N2OPd-. The van der Waals surface area contributed by atoms with E-state index >= 15 is 0 Å².